The van der Waals surface area contributed by atoms with Gasteiger partial charge in [-0.1, -0.05) is 0 Å². The van der Waals surface area contributed by atoms with Crippen molar-refractivity contribution in [3.63, 3.8) is 0 Å². The van der Waals surface area contributed by atoms with Gasteiger partial charge in [-0.05, 0) is 30.7 Å². The molecule has 0 aliphatic heterocycles. The van der Waals surface area contributed by atoms with Crippen LogP contribution in [0, 0.1) is 0 Å². The van der Waals surface area contributed by atoms with Crippen LogP contribution in [-0.2, 0) is 6.42 Å². The zero-order valence-corrected chi connectivity index (χ0v) is 8.71. The third kappa shape index (κ3) is 1.53. The Kier molecular flexibility index (Phi) is 2.51. The Hall–Kier alpha value is -1.68. The SMILES string of the molecule is COc1ccc2[nH]cc(CCN)c2c1N. The van der Waals surface area contributed by atoms with Gasteiger partial charge in [-0.2, -0.15) is 0 Å². The van der Waals surface area contributed by atoms with Crippen LogP contribution in [0.2, 0.25) is 0 Å². The Balaban J connectivity index is 2.65. The van der Waals surface area contributed by atoms with Gasteiger partial charge in [0.1, 0.15) is 5.75 Å². The summed E-state index contributed by atoms with van der Waals surface area (Å²) in [6, 6.07) is 3.82. The molecule has 80 valence electrons. The van der Waals surface area contributed by atoms with E-state index in [1.54, 1.807) is 7.11 Å². The lowest BCUT2D eigenvalue weighted by Gasteiger charge is -2.06. The largest absolute Gasteiger partial charge is 0.495 e. The number of hydrogen-bond acceptors (Lipinski definition) is 3. The first-order valence-electron chi connectivity index (χ1n) is 4.90. The minimum atomic E-state index is 0.615. The lowest BCUT2D eigenvalue weighted by molar-refractivity contribution is 0.417. The van der Waals surface area contributed by atoms with Crippen LogP contribution in [0.3, 0.4) is 0 Å². The number of nitrogens with one attached hydrogen (secondary N) is 1. The van der Waals surface area contributed by atoms with E-state index in [0.29, 0.717) is 18.0 Å². The summed E-state index contributed by atoms with van der Waals surface area (Å²) < 4.78 is 5.19. The maximum Gasteiger partial charge on any atom is 0.142 e. The fraction of sp³-hybridized carbons (Fsp3) is 0.273. The van der Waals surface area contributed by atoms with E-state index in [0.717, 1.165) is 22.9 Å². The summed E-state index contributed by atoms with van der Waals surface area (Å²) in [5.41, 5.74) is 14.4. The number of methoxy groups -OCH3 is 1. The summed E-state index contributed by atoms with van der Waals surface area (Å²) in [5.74, 6) is 0.709. The average molecular weight is 205 g/mol. The van der Waals surface area contributed by atoms with E-state index in [-0.39, 0.29) is 0 Å². The molecule has 2 aromatic rings. The maximum atomic E-state index is 6.02. The molecule has 0 aliphatic carbocycles. The maximum absolute atomic E-state index is 6.02. The van der Waals surface area contributed by atoms with Crippen LogP contribution in [0.15, 0.2) is 18.3 Å². The summed E-state index contributed by atoms with van der Waals surface area (Å²) in [7, 11) is 1.62. The Labute approximate surface area is 88.2 Å². The summed E-state index contributed by atoms with van der Waals surface area (Å²) in [6.07, 6.45) is 2.77. The number of anilines is 1. The molecule has 0 fully saturated rings. The van der Waals surface area contributed by atoms with E-state index >= 15 is 0 Å². The van der Waals surface area contributed by atoms with Gasteiger partial charge in [0.05, 0.1) is 12.8 Å². The van der Waals surface area contributed by atoms with E-state index in [2.05, 4.69) is 4.98 Å². The highest BCUT2D eigenvalue weighted by atomic mass is 16.5. The molecule has 2 rings (SSSR count). The topological polar surface area (TPSA) is 77.1 Å². The molecule has 0 bridgehead atoms. The zero-order valence-electron chi connectivity index (χ0n) is 8.71. The summed E-state index contributed by atoms with van der Waals surface area (Å²) >= 11 is 0. The second-order valence-corrected chi connectivity index (χ2v) is 3.46. The number of aromatic amines is 1. The standard InChI is InChI=1S/C11H15N3O/c1-15-9-3-2-8-10(11(9)13)7(4-5-12)6-14-8/h2-3,6,14H,4-5,12-13H2,1H3. The van der Waals surface area contributed by atoms with Gasteiger partial charge >= 0.3 is 0 Å². The predicted octanol–water partition coefficient (Wildman–Crippen LogP) is 1.26. The van der Waals surface area contributed by atoms with Crippen molar-refractivity contribution in [2.75, 3.05) is 19.4 Å². The first-order chi connectivity index (χ1) is 7.27. The smallest absolute Gasteiger partial charge is 0.142 e. The molecule has 0 atom stereocenters. The highest BCUT2D eigenvalue weighted by molar-refractivity contribution is 5.96. The molecule has 1 aromatic heterocycles. The molecule has 1 heterocycles. The molecule has 4 nitrogen and oxygen atoms in total. The van der Waals surface area contributed by atoms with Gasteiger partial charge in [0.15, 0.2) is 0 Å². The second-order valence-electron chi connectivity index (χ2n) is 3.46. The van der Waals surface area contributed by atoms with Crippen molar-refractivity contribution in [2.24, 2.45) is 5.73 Å². The molecule has 0 spiro atoms. The monoisotopic (exact) mass is 205 g/mol. The van der Waals surface area contributed by atoms with E-state index < -0.39 is 0 Å². The number of aromatic nitrogens is 1. The molecule has 0 saturated carbocycles. The molecular weight excluding hydrogens is 190 g/mol. The molecule has 0 radical (unpaired) electrons. The molecule has 0 unspecified atom stereocenters. The van der Waals surface area contributed by atoms with Crippen LogP contribution in [0.4, 0.5) is 5.69 Å². The van der Waals surface area contributed by atoms with Crippen molar-refractivity contribution < 1.29 is 4.74 Å². The number of H-pyrrole nitrogens is 1. The van der Waals surface area contributed by atoms with Crippen molar-refractivity contribution in [3.8, 4) is 5.75 Å². The number of hydrogen-bond donors (Lipinski definition) is 3. The van der Waals surface area contributed by atoms with Gasteiger partial charge in [0.2, 0.25) is 0 Å². The van der Waals surface area contributed by atoms with Crippen LogP contribution < -0.4 is 16.2 Å². The molecule has 4 heteroatoms. The van der Waals surface area contributed by atoms with Crippen LogP contribution in [-0.4, -0.2) is 18.6 Å². The number of fused-ring (bicyclic) bond motifs is 1. The molecular formula is C11H15N3O. The summed E-state index contributed by atoms with van der Waals surface area (Å²) in [4.78, 5) is 3.17. The molecule has 0 saturated heterocycles. The first kappa shape index (κ1) is 9.86. The highest BCUT2D eigenvalue weighted by Crippen LogP contribution is 2.32. The van der Waals surface area contributed by atoms with E-state index in [4.69, 9.17) is 16.2 Å². The number of rotatable bonds is 3. The normalized spacial score (nSPS) is 10.8. The zero-order chi connectivity index (χ0) is 10.8. The Bertz CT molecular complexity index is 476. The van der Waals surface area contributed by atoms with Crippen LogP contribution in [0.25, 0.3) is 10.9 Å². The third-order valence-corrected chi connectivity index (χ3v) is 2.56. The van der Waals surface area contributed by atoms with Crippen molar-refractivity contribution >= 4 is 16.6 Å². The molecule has 0 aliphatic rings. The third-order valence-electron chi connectivity index (χ3n) is 2.56. The quantitative estimate of drug-likeness (QED) is 0.660. The van der Waals surface area contributed by atoms with Gasteiger partial charge in [-0.15, -0.1) is 0 Å². The van der Waals surface area contributed by atoms with Crippen molar-refractivity contribution in [2.45, 2.75) is 6.42 Å². The van der Waals surface area contributed by atoms with E-state index in [1.165, 1.54) is 0 Å². The van der Waals surface area contributed by atoms with Crippen LogP contribution in [0.1, 0.15) is 5.56 Å². The molecule has 0 amide bonds. The van der Waals surface area contributed by atoms with E-state index in [1.807, 2.05) is 18.3 Å². The summed E-state index contributed by atoms with van der Waals surface area (Å²) in [5, 5.41) is 1.03. The number of ether oxygens (including phenoxy) is 1. The minimum Gasteiger partial charge on any atom is -0.495 e. The minimum absolute atomic E-state index is 0.615. The van der Waals surface area contributed by atoms with Gasteiger partial charge in [0, 0.05) is 17.1 Å². The molecule has 15 heavy (non-hydrogen) atoms. The van der Waals surface area contributed by atoms with Gasteiger partial charge in [-0.3, -0.25) is 0 Å². The summed E-state index contributed by atoms with van der Waals surface area (Å²) in [6.45, 7) is 0.615. The number of nitrogens with two attached hydrogens (primary N) is 2. The lowest BCUT2D eigenvalue weighted by atomic mass is 10.1. The van der Waals surface area contributed by atoms with E-state index in [9.17, 15) is 0 Å². The first-order valence-corrected chi connectivity index (χ1v) is 4.90. The predicted molar refractivity (Wildman–Crippen MR) is 62.0 cm³/mol. The second kappa shape index (κ2) is 3.82. The van der Waals surface area contributed by atoms with Gasteiger partial charge < -0.3 is 21.2 Å². The van der Waals surface area contributed by atoms with Crippen molar-refractivity contribution in [1.82, 2.24) is 4.98 Å². The van der Waals surface area contributed by atoms with Crippen molar-refractivity contribution in [3.05, 3.63) is 23.9 Å². The Morgan fingerprint density at radius 1 is 1.40 bits per heavy atom. The Morgan fingerprint density at radius 3 is 2.87 bits per heavy atom. The number of benzene rings is 1. The van der Waals surface area contributed by atoms with Crippen LogP contribution in [0.5, 0.6) is 5.75 Å². The van der Waals surface area contributed by atoms with Crippen LogP contribution >= 0.6 is 0 Å². The average Bonchev–Trinajstić information content (AvgIpc) is 2.64. The fourth-order valence-corrected chi connectivity index (χ4v) is 1.83. The number of nitrogen functional groups attached to an aromatic ring is 1. The Morgan fingerprint density at radius 2 is 2.20 bits per heavy atom. The van der Waals surface area contributed by atoms with Crippen molar-refractivity contribution in [1.29, 1.82) is 0 Å². The fourth-order valence-electron chi connectivity index (χ4n) is 1.83. The molecule has 1 aromatic carbocycles. The van der Waals surface area contributed by atoms with Gasteiger partial charge in [-0.25, -0.2) is 0 Å². The highest BCUT2D eigenvalue weighted by Gasteiger charge is 2.10. The molecule has 5 N–H and O–H groups in total. The lowest BCUT2D eigenvalue weighted by Crippen LogP contribution is -2.02. The van der Waals surface area contributed by atoms with Gasteiger partial charge in [0.25, 0.3) is 0 Å².